The zero-order chi connectivity index (χ0) is 38.9. The molecule has 7 N–H and O–H groups in total. The number of nitrogens with one attached hydrogen (secondary N) is 5. The lowest BCUT2D eigenvalue weighted by molar-refractivity contribution is -0.0255. The van der Waals surface area contributed by atoms with E-state index in [4.69, 9.17) is 48.4 Å². The number of hydrogen-bond donors (Lipinski definition) is 6. The van der Waals surface area contributed by atoms with Crippen LogP contribution >= 0.6 is 0 Å². The van der Waals surface area contributed by atoms with Crippen LogP contribution in [0.4, 0.5) is 4.79 Å². The van der Waals surface area contributed by atoms with Gasteiger partial charge in [0.2, 0.25) is 0 Å². The lowest BCUT2D eigenvalue weighted by Crippen LogP contribution is -2.35. The SMILES string of the molecule is CCCCNCCNCCNCCNCCCCCCNCCOCCOCCOCCOCCOCCOCCOCCOCCOCCOC(N)=O. The zero-order valence-electron chi connectivity index (χ0n) is 33.8. The Hall–Kier alpha value is -1.29. The van der Waals surface area contributed by atoms with Crippen molar-refractivity contribution in [1.29, 1.82) is 0 Å². The van der Waals surface area contributed by atoms with E-state index >= 15 is 0 Å². The third-order valence-corrected chi connectivity index (χ3v) is 7.47. The minimum atomic E-state index is -0.808. The Bertz CT molecular complexity index is 711. The van der Waals surface area contributed by atoms with E-state index in [1.54, 1.807) is 0 Å². The minimum absolute atomic E-state index is 0.136. The molecule has 0 spiro atoms. The molecule has 1 amide bonds. The predicted molar refractivity (Wildman–Crippen MR) is 211 cm³/mol. The molecule has 0 atom stereocenters. The first-order valence-electron chi connectivity index (χ1n) is 20.4. The van der Waals surface area contributed by atoms with Crippen LogP contribution in [0.25, 0.3) is 0 Å². The largest absolute Gasteiger partial charge is 0.447 e. The summed E-state index contributed by atoms with van der Waals surface area (Å²) in [6, 6.07) is 0. The summed E-state index contributed by atoms with van der Waals surface area (Å²) in [6.45, 7) is 21.7. The van der Waals surface area contributed by atoms with Gasteiger partial charge in [-0.05, 0) is 38.9 Å². The Kier molecular flexibility index (Phi) is 48.5. The molecule has 0 heterocycles. The Balaban J connectivity index is 3.05. The van der Waals surface area contributed by atoms with E-state index in [9.17, 15) is 4.79 Å². The molecule has 0 fully saturated rings. The van der Waals surface area contributed by atoms with E-state index in [1.165, 1.54) is 38.5 Å². The summed E-state index contributed by atoms with van der Waals surface area (Å²) in [6.07, 6.45) is 6.68. The van der Waals surface area contributed by atoms with Crippen LogP contribution < -0.4 is 32.3 Å². The second-order valence-electron chi connectivity index (χ2n) is 12.2. The number of unbranched alkanes of at least 4 members (excludes halogenated alkanes) is 4. The van der Waals surface area contributed by atoms with Gasteiger partial charge in [-0.2, -0.15) is 0 Å². The molecule has 17 heteroatoms. The van der Waals surface area contributed by atoms with Crippen LogP contribution in [-0.2, 0) is 47.4 Å². The highest BCUT2D eigenvalue weighted by molar-refractivity contribution is 5.64. The average Bonchev–Trinajstić information content (AvgIpc) is 3.17. The van der Waals surface area contributed by atoms with Crippen LogP contribution in [0.5, 0.6) is 0 Å². The molecule has 0 saturated heterocycles. The number of primary amides is 1. The summed E-state index contributed by atoms with van der Waals surface area (Å²) in [5.41, 5.74) is 4.84. The number of rotatable bonds is 49. The van der Waals surface area contributed by atoms with E-state index in [0.29, 0.717) is 112 Å². The number of amides is 1. The molecule has 0 radical (unpaired) electrons. The van der Waals surface area contributed by atoms with Gasteiger partial charge in [0.25, 0.3) is 0 Å². The van der Waals surface area contributed by atoms with Gasteiger partial charge in [0.1, 0.15) is 6.61 Å². The number of hydrogen-bond acceptors (Lipinski definition) is 16. The smallest absolute Gasteiger partial charge is 0.404 e. The third-order valence-electron chi connectivity index (χ3n) is 7.47. The van der Waals surface area contributed by atoms with E-state index < -0.39 is 6.09 Å². The van der Waals surface area contributed by atoms with E-state index in [1.807, 2.05) is 0 Å². The molecule has 54 heavy (non-hydrogen) atoms. The van der Waals surface area contributed by atoms with E-state index in [0.717, 1.165) is 65.4 Å². The maximum absolute atomic E-state index is 10.4. The molecule has 0 aromatic rings. The molecule has 0 aromatic heterocycles. The lowest BCUT2D eigenvalue weighted by Gasteiger charge is -2.09. The highest BCUT2D eigenvalue weighted by Gasteiger charge is 1.98. The zero-order valence-corrected chi connectivity index (χ0v) is 33.8. The fourth-order valence-corrected chi connectivity index (χ4v) is 4.52. The first kappa shape index (κ1) is 52.7. The number of carbonyl (C=O) groups excluding carboxylic acids is 1. The van der Waals surface area contributed by atoms with Gasteiger partial charge in [-0.3, -0.25) is 0 Å². The molecule has 17 nitrogen and oxygen atoms in total. The summed E-state index contributed by atoms with van der Waals surface area (Å²) >= 11 is 0. The summed E-state index contributed by atoms with van der Waals surface area (Å²) in [5, 5.41) is 17.4. The van der Waals surface area contributed by atoms with Gasteiger partial charge in [0.15, 0.2) is 0 Å². The minimum Gasteiger partial charge on any atom is -0.447 e. The van der Waals surface area contributed by atoms with Crippen LogP contribution in [0.2, 0.25) is 0 Å². The molecule has 0 bridgehead atoms. The topological polar surface area (TPSA) is 196 Å². The standard InChI is InChI=1S/C37H80N6O11/c1-2-3-8-39-11-13-42-15-16-43-14-12-40-9-6-4-5-7-10-41-17-18-45-19-20-46-21-22-47-23-24-48-25-26-49-27-28-50-29-30-51-31-32-52-33-34-53-35-36-54-37(38)44/h39-43H,2-36H2,1H3,(H2,38,44). The normalized spacial score (nSPS) is 11.5. The van der Waals surface area contributed by atoms with Crippen LogP contribution in [0.1, 0.15) is 45.4 Å². The Morgan fingerprint density at radius 1 is 0.333 bits per heavy atom. The second kappa shape index (κ2) is 49.7. The highest BCUT2D eigenvalue weighted by atomic mass is 16.6. The third kappa shape index (κ3) is 50.7. The van der Waals surface area contributed by atoms with Crippen molar-refractivity contribution in [2.24, 2.45) is 5.73 Å². The maximum Gasteiger partial charge on any atom is 0.404 e. The van der Waals surface area contributed by atoms with Crippen molar-refractivity contribution in [2.45, 2.75) is 45.4 Å². The molecule has 0 aromatic carbocycles. The van der Waals surface area contributed by atoms with E-state index in [-0.39, 0.29) is 13.2 Å². The van der Waals surface area contributed by atoms with Crippen LogP contribution in [0, 0.1) is 0 Å². The maximum atomic E-state index is 10.4. The van der Waals surface area contributed by atoms with Crippen molar-refractivity contribution in [1.82, 2.24) is 26.6 Å². The number of ether oxygens (including phenoxy) is 10. The monoisotopic (exact) mass is 785 g/mol. The van der Waals surface area contributed by atoms with Gasteiger partial charge < -0.3 is 79.7 Å². The summed E-state index contributed by atoms with van der Waals surface area (Å²) in [5.74, 6) is 0. The van der Waals surface area contributed by atoms with Crippen molar-refractivity contribution in [2.75, 3.05) is 191 Å². The van der Waals surface area contributed by atoms with Crippen molar-refractivity contribution < 1.29 is 52.2 Å². The average molecular weight is 785 g/mol. The summed E-state index contributed by atoms with van der Waals surface area (Å²) in [7, 11) is 0. The Morgan fingerprint density at radius 2 is 0.593 bits per heavy atom. The summed E-state index contributed by atoms with van der Waals surface area (Å²) in [4.78, 5) is 10.4. The molecule has 0 aliphatic carbocycles. The fourth-order valence-electron chi connectivity index (χ4n) is 4.52. The van der Waals surface area contributed by atoms with Crippen LogP contribution in [0.15, 0.2) is 0 Å². The van der Waals surface area contributed by atoms with Gasteiger partial charge in [-0.15, -0.1) is 0 Å². The lowest BCUT2D eigenvalue weighted by atomic mass is 10.2. The fraction of sp³-hybridized carbons (Fsp3) is 0.973. The molecule has 0 aliphatic heterocycles. The highest BCUT2D eigenvalue weighted by Crippen LogP contribution is 1.97. The molecular formula is C37H80N6O11. The van der Waals surface area contributed by atoms with Gasteiger partial charge in [-0.1, -0.05) is 26.2 Å². The van der Waals surface area contributed by atoms with Gasteiger partial charge >= 0.3 is 6.09 Å². The molecule has 0 unspecified atom stereocenters. The van der Waals surface area contributed by atoms with Crippen molar-refractivity contribution in [3.63, 3.8) is 0 Å². The quantitative estimate of drug-likeness (QED) is 0.0468. The van der Waals surface area contributed by atoms with E-state index in [2.05, 4.69) is 38.2 Å². The van der Waals surface area contributed by atoms with Crippen LogP contribution in [0.3, 0.4) is 0 Å². The Morgan fingerprint density at radius 3 is 0.907 bits per heavy atom. The summed E-state index contributed by atoms with van der Waals surface area (Å²) < 4.78 is 53.7. The molecule has 0 aliphatic rings. The molecule has 324 valence electrons. The van der Waals surface area contributed by atoms with Crippen molar-refractivity contribution in [3.8, 4) is 0 Å². The van der Waals surface area contributed by atoms with Crippen molar-refractivity contribution in [3.05, 3.63) is 0 Å². The van der Waals surface area contributed by atoms with Gasteiger partial charge in [-0.25, -0.2) is 4.79 Å². The van der Waals surface area contributed by atoms with Gasteiger partial charge in [0.05, 0.1) is 119 Å². The first-order valence-corrected chi connectivity index (χ1v) is 20.4. The van der Waals surface area contributed by atoms with Crippen LogP contribution in [-0.4, -0.2) is 197 Å². The second-order valence-corrected chi connectivity index (χ2v) is 12.2. The van der Waals surface area contributed by atoms with Crippen molar-refractivity contribution >= 4 is 6.09 Å². The predicted octanol–water partition coefficient (Wildman–Crippen LogP) is 0.540. The number of carbonyl (C=O) groups is 1. The number of nitrogens with two attached hydrogens (primary N) is 1. The molecule has 0 rings (SSSR count). The molecular weight excluding hydrogens is 704 g/mol. The van der Waals surface area contributed by atoms with Gasteiger partial charge in [0, 0.05) is 45.8 Å². The first-order chi connectivity index (χ1) is 26.8. The Labute approximate surface area is 326 Å². The molecule has 0 saturated carbocycles.